The van der Waals surface area contributed by atoms with E-state index in [2.05, 4.69) is 11.1 Å². The zero-order chi connectivity index (χ0) is 7.82. The Labute approximate surface area is 64.4 Å². The minimum atomic E-state index is 0. The van der Waals surface area contributed by atoms with Crippen molar-refractivity contribution in [3.05, 3.63) is 35.2 Å². The Balaban J connectivity index is 0. The molecular weight excluding hydrogens is 146 g/mol. The maximum atomic E-state index is 9.76. The molecule has 1 rings (SSSR count). The Morgan fingerprint density at radius 1 is 1.18 bits per heavy atom. The van der Waals surface area contributed by atoms with Crippen molar-refractivity contribution in [1.29, 1.82) is 0 Å². The fourth-order valence-corrected chi connectivity index (χ4v) is 0.489. The molecule has 0 spiro atoms. The normalized spacial score (nSPS) is 6.73. The lowest BCUT2D eigenvalue weighted by molar-refractivity contribution is 0.311. The van der Waals surface area contributed by atoms with Gasteiger partial charge in [-0.25, -0.2) is 5.90 Å². The molecule has 0 aliphatic carbocycles. The number of nitroso groups, excluding NO2 is 1. The first kappa shape index (κ1) is 12.4. The van der Waals surface area contributed by atoms with Gasteiger partial charge < -0.3 is 11.4 Å². The topological polar surface area (TPSA) is 111 Å². The predicted octanol–water partition coefficient (Wildman–Crippen LogP) is 1.58. The lowest BCUT2D eigenvalue weighted by atomic mass is 10.3. The second kappa shape index (κ2) is 8.70. The van der Waals surface area contributed by atoms with Crippen LogP contribution in [0.5, 0.6) is 0 Å². The van der Waals surface area contributed by atoms with E-state index in [1.807, 2.05) is 6.07 Å². The molecule has 0 unspecified atom stereocenters. The lowest BCUT2D eigenvalue weighted by Crippen LogP contribution is -1.72. The van der Waals surface area contributed by atoms with Crippen molar-refractivity contribution in [2.75, 3.05) is 0 Å². The standard InChI is InChI=1S/C6H5NO.H3NO.H3N/c8-7-6-4-2-1-3-5-6;1-2;/h1-5H;2H,1H2;1H3. The van der Waals surface area contributed by atoms with Crippen LogP contribution in [0.15, 0.2) is 35.5 Å². The van der Waals surface area contributed by atoms with Gasteiger partial charge in [-0.05, 0) is 17.3 Å². The number of nitrogens with zero attached hydrogens (tertiary/aromatic N) is 1. The first-order valence-electron chi connectivity index (χ1n) is 2.58. The Hall–Kier alpha value is -1.30. The van der Waals surface area contributed by atoms with Crippen LogP contribution < -0.4 is 12.0 Å². The van der Waals surface area contributed by atoms with Crippen LogP contribution in [0.2, 0.25) is 0 Å². The second-order valence-electron chi connectivity index (χ2n) is 1.43. The van der Waals surface area contributed by atoms with Gasteiger partial charge in [0.15, 0.2) is 0 Å². The molecule has 0 saturated carbocycles. The molecular formula is C6H11N3O2. The summed E-state index contributed by atoms with van der Waals surface area (Å²) in [6.45, 7) is 0. The quantitative estimate of drug-likeness (QED) is 0.424. The Kier molecular flexibility index (Phi) is 9.79. The molecule has 0 heterocycles. The zero-order valence-electron chi connectivity index (χ0n) is 5.97. The van der Waals surface area contributed by atoms with Crippen molar-refractivity contribution in [1.82, 2.24) is 6.15 Å². The maximum Gasteiger partial charge on any atom is 0.107 e. The van der Waals surface area contributed by atoms with Crippen LogP contribution in [0.25, 0.3) is 0 Å². The van der Waals surface area contributed by atoms with Crippen molar-refractivity contribution in [3.8, 4) is 0 Å². The van der Waals surface area contributed by atoms with Crippen molar-refractivity contribution in [2.45, 2.75) is 0 Å². The minimum absolute atomic E-state index is 0. The largest absolute Gasteiger partial charge is 0.344 e. The predicted molar refractivity (Wildman–Crippen MR) is 42.9 cm³/mol. The van der Waals surface area contributed by atoms with Crippen molar-refractivity contribution >= 4 is 5.69 Å². The van der Waals surface area contributed by atoms with Crippen molar-refractivity contribution < 1.29 is 5.21 Å². The third-order valence-electron chi connectivity index (χ3n) is 0.862. The van der Waals surface area contributed by atoms with Gasteiger partial charge in [0.2, 0.25) is 0 Å². The van der Waals surface area contributed by atoms with Crippen LogP contribution >= 0.6 is 0 Å². The van der Waals surface area contributed by atoms with Crippen LogP contribution in [0.4, 0.5) is 5.69 Å². The molecule has 0 atom stereocenters. The average molecular weight is 157 g/mol. The van der Waals surface area contributed by atoms with Crippen molar-refractivity contribution in [3.63, 3.8) is 0 Å². The molecule has 0 radical (unpaired) electrons. The van der Waals surface area contributed by atoms with Gasteiger partial charge in [-0.1, -0.05) is 18.2 Å². The summed E-state index contributed by atoms with van der Waals surface area (Å²) in [5.74, 6) is 3.50. The Morgan fingerprint density at radius 2 is 1.64 bits per heavy atom. The van der Waals surface area contributed by atoms with Gasteiger partial charge in [0.05, 0.1) is 0 Å². The van der Waals surface area contributed by atoms with E-state index < -0.39 is 0 Å². The van der Waals surface area contributed by atoms with E-state index in [9.17, 15) is 4.91 Å². The molecule has 0 fully saturated rings. The highest BCUT2D eigenvalue weighted by Gasteiger charge is 1.81. The first-order chi connectivity index (χ1) is 4.93. The molecule has 0 bridgehead atoms. The van der Waals surface area contributed by atoms with Gasteiger partial charge in [-0.15, -0.1) is 4.91 Å². The number of hydrogen-bond donors (Lipinski definition) is 3. The Bertz CT molecular complexity index is 178. The second-order valence-corrected chi connectivity index (χ2v) is 1.43. The highest BCUT2D eigenvalue weighted by Crippen LogP contribution is 2.07. The molecule has 0 amide bonds. The third kappa shape index (κ3) is 5.16. The molecule has 0 aliphatic heterocycles. The van der Waals surface area contributed by atoms with Crippen LogP contribution in [-0.4, -0.2) is 5.21 Å². The van der Waals surface area contributed by atoms with Crippen LogP contribution in [-0.2, 0) is 0 Å². The molecule has 5 nitrogen and oxygen atoms in total. The van der Waals surface area contributed by atoms with E-state index in [0.29, 0.717) is 5.69 Å². The smallest absolute Gasteiger partial charge is 0.107 e. The Morgan fingerprint density at radius 3 is 1.91 bits per heavy atom. The van der Waals surface area contributed by atoms with Crippen LogP contribution in [0.1, 0.15) is 0 Å². The summed E-state index contributed by atoms with van der Waals surface area (Å²) in [6, 6.07) is 8.71. The van der Waals surface area contributed by atoms with Gasteiger partial charge >= 0.3 is 0 Å². The molecule has 6 N–H and O–H groups in total. The fourth-order valence-electron chi connectivity index (χ4n) is 0.489. The van der Waals surface area contributed by atoms with Crippen LogP contribution in [0, 0.1) is 4.91 Å². The maximum absolute atomic E-state index is 9.76. The van der Waals surface area contributed by atoms with E-state index in [1.54, 1.807) is 24.3 Å². The van der Waals surface area contributed by atoms with Gasteiger partial charge in [-0.3, -0.25) is 0 Å². The molecule has 1 aromatic carbocycles. The highest BCUT2D eigenvalue weighted by molar-refractivity contribution is 5.34. The third-order valence-corrected chi connectivity index (χ3v) is 0.862. The van der Waals surface area contributed by atoms with E-state index >= 15 is 0 Å². The zero-order valence-corrected chi connectivity index (χ0v) is 5.97. The van der Waals surface area contributed by atoms with Crippen molar-refractivity contribution in [2.24, 2.45) is 11.1 Å². The summed E-state index contributed by atoms with van der Waals surface area (Å²) >= 11 is 0. The number of hydrogen-bond acceptors (Lipinski definition) is 5. The molecule has 0 aromatic heterocycles. The molecule has 62 valence electrons. The number of rotatable bonds is 1. The minimum Gasteiger partial charge on any atom is -0.344 e. The van der Waals surface area contributed by atoms with Gasteiger partial charge in [0.1, 0.15) is 5.69 Å². The van der Waals surface area contributed by atoms with E-state index in [0.717, 1.165) is 0 Å². The number of nitrogens with two attached hydrogens (primary N) is 1. The fraction of sp³-hybridized carbons (Fsp3) is 0. The summed E-state index contributed by atoms with van der Waals surface area (Å²) in [6.07, 6.45) is 0. The van der Waals surface area contributed by atoms with E-state index in [1.165, 1.54) is 0 Å². The molecule has 5 heteroatoms. The molecule has 11 heavy (non-hydrogen) atoms. The molecule has 0 aliphatic rings. The summed E-state index contributed by atoms with van der Waals surface area (Å²) in [5.41, 5.74) is 0.479. The summed E-state index contributed by atoms with van der Waals surface area (Å²) < 4.78 is 0. The molecule has 0 saturated heterocycles. The summed E-state index contributed by atoms with van der Waals surface area (Å²) in [7, 11) is 0. The van der Waals surface area contributed by atoms with Gasteiger partial charge in [0.25, 0.3) is 0 Å². The first-order valence-corrected chi connectivity index (χ1v) is 2.58. The van der Waals surface area contributed by atoms with Gasteiger partial charge in [0, 0.05) is 0 Å². The number of benzene rings is 1. The van der Waals surface area contributed by atoms with E-state index in [4.69, 9.17) is 5.21 Å². The SMILES string of the molecule is N.NO.O=Nc1ccccc1. The molecule has 1 aromatic rings. The summed E-state index contributed by atoms with van der Waals surface area (Å²) in [5, 5.41) is 9.22. The van der Waals surface area contributed by atoms with Gasteiger partial charge in [-0.2, -0.15) is 0 Å². The highest BCUT2D eigenvalue weighted by atomic mass is 16.4. The lowest BCUT2D eigenvalue weighted by Gasteiger charge is -1.80. The van der Waals surface area contributed by atoms with Crippen LogP contribution in [0.3, 0.4) is 0 Å². The monoisotopic (exact) mass is 157 g/mol. The average Bonchev–Trinajstić information content (AvgIpc) is 2.10. The summed E-state index contributed by atoms with van der Waals surface area (Å²) in [4.78, 5) is 9.76. The van der Waals surface area contributed by atoms with E-state index in [-0.39, 0.29) is 6.15 Å².